The Morgan fingerprint density at radius 1 is 1.12 bits per heavy atom. The lowest BCUT2D eigenvalue weighted by atomic mass is 10.3. The van der Waals surface area contributed by atoms with Crippen molar-refractivity contribution >= 4 is 44.0 Å². The Morgan fingerprint density at radius 3 is 2.56 bits per heavy atom. The molecule has 3 heterocycles. The highest BCUT2D eigenvalue weighted by atomic mass is 32.2. The van der Waals surface area contributed by atoms with Gasteiger partial charge in [0, 0.05) is 28.6 Å². The Kier molecular flexibility index (Phi) is 5.61. The van der Waals surface area contributed by atoms with Crippen LogP contribution in [-0.4, -0.2) is 48.8 Å². The molecule has 3 aromatic heterocycles. The summed E-state index contributed by atoms with van der Waals surface area (Å²) in [6, 6.07) is 7.04. The van der Waals surface area contributed by atoms with Crippen molar-refractivity contribution in [3.8, 4) is 0 Å². The fourth-order valence-electron chi connectivity index (χ4n) is 2.51. The minimum Gasteiger partial charge on any atom is -0.390 e. The van der Waals surface area contributed by atoms with Gasteiger partial charge in [-0.15, -0.1) is 11.3 Å². The number of hydrogen-bond donors (Lipinski definition) is 2. The van der Waals surface area contributed by atoms with Gasteiger partial charge >= 0.3 is 5.95 Å². The van der Waals surface area contributed by atoms with Crippen molar-refractivity contribution in [3.63, 3.8) is 0 Å². The van der Waals surface area contributed by atoms with E-state index in [1.807, 2.05) is 0 Å². The molecule has 14 nitrogen and oxygen atoms in total. The summed E-state index contributed by atoms with van der Waals surface area (Å²) in [5.41, 5.74) is 0.450. The number of amides is 1. The first-order valence-electron chi connectivity index (χ1n) is 8.71. The summed E-state index contributed by atoms with van der Waals surface area (Å²) in [6.07, 6.45) is 4.17. The van der Waals surface area contributed by atoms with Gasteiger partial charge in [0.25, 0.3) is 15.9 Å². The normalized spacial score (nSPS) is 11.2. The molecular weight excluding hydrogens is 462 g/mol. The van der Waals surface area contributed by atoms with E-state index < -0.39 is 26.8 Å². The molecule has 0 fully saturated rings. The van der Waals surface area contributed by atoms with Crippen LogP contribution < -0.4 is 10.0 Å². The maximum Gasteiger partial charge on any atom is 0.491 e. The molecule has 4 aromatic rings. The van der Waals surface area contributed by atoms with Gasteiger partial charge < -0.3 is 15.4 Å². The molecule has 0 radical (unpaired) electrons. The molecule has 0 bridgehead atoms. The zero-order chi connectivity index (χ0) is 22.7. The number of carbonyl (C=O) groups is 1. The number of hydrogen-bond acceptors (Lipinski definition) is 10. The van der Waals surface area contributed by atoms with Crippen molar-refractivity contribution in [2.45, 2.75) is 11.6 Å². The third kappa shape index (κ3) is 4.76. The smallest absolute Gasteiger partial charge is 0.390 e. The molecule has 0 atom stereocenters. The molecule has 0 aliphatic rings. The lowest BCUT2D eigenvalue weighted by Crippen LogP contribution is -2.15. The van der Waals surface area contributed by atoms with E-state index in [2.05, 4.69) is 30.2 Å². The van der Waals surface area contributed by atoms with Gasteiger partial charge in [-0.2, -0.15) is 9.78 Å². The molecule has 0 spiro atoms. The van der Waals surface area contributed by atoms with Gasteiger partial charge in [-0.1, -0.05) is 4.98 Å². The summed E-state index contributed by atoms with van der Waals surface area (Å²) < 4.78 is 29.6. The predicted molar refractivity (Wildman–Crippen MR) is 112 cm³/mol. The highest BCUT2D eigenvalue weighted by Gasteiger charge is 2.17. The van der Waals surface area contributed by atoms with Crippen LogP contribution in [0.1, 0.15) is 10.5 Å². The fourth-order valence-corrected chi connectivity index (χ4v) is 4.30. The van der Waals surface area contributed by atoms with Crippen LogP contribution in [0, 0.1) is 10.1 Å². The Balaban J connectivity index is 1.39. The minimum atomic E-state index is -3.80. The fraction of sp³-hybridized carbons (Fsp3) is 0.0625. The number of carbonyl (C=O) groups excluding carboxylic acids is 1. The molecule has 164 valence electrons. The van der Waals surface area contributed by atoms with Crippen LogP contribution in [0.2, 0.25) is 0 Å². The van der Waals surface area contributed by atoms with Crippen molar-refractivity contribution in [3.05, 3.63) is 70.2 Å². The number of anilines is 2. The number of nitrogens with one attached hydrogen (secondary N) is 2. The lowest BCUT2D eigenvalue weighted by molar-refractivity contribution is -0.394. The number of benzene rings is 1. The molecule has 1 amide bonds. The third-order valence-corrected chi connectivity index (χ3v) is 6.10. The third-order valence-electron chi connectivity index (χ3n) is 3.93. The molecule has 0 saturated heterocycles. The second-order valence-corrected chi connectivity index (χ2v) is 8.72. The van der Waals surface area contributed by atoms with Crippen LogP contribution in [-0.2, 0) is 16.7 Å². The Bertz CT molecular complexity index is 1360. The van der Waals surface area contributed by atoms with E-state index in [9.17, 15) is 23.3 Å². The monoisotopic (exact) mass is 475 g/mol. The van der Waals surface area contributed by atoms with Crippen molar-refractivity contribution in [2.75, 3.05) is 10.0 Å². The van der Waals surface area contributed by atoms with Crippen LogP contribution in [0.5, 0.6) is 0 Å². The highest BCUT2D eigenvalue weighted by molar-refractivity contribution is 7.93. The Hall–Kier alpha value is -4.18. The van der Waals surface area contributed by atoms with E-state index in [1.165, 1.54) is 58.4 Å². The summed E-state index contributed by atoms with van der Waals surface area (Å²) in [5.74, 6) is -1.06. The average Bonchev–Trinajstić information content (AvgIpc) is 3.51. The predicted octanol–water partition coefficient (Wildman–Crippen LogP) is 1.40. The molecule has 32 heavy (non-hydrogen) atoms. The van der Waals surface area contributed by atoms with E-state index in [0.29, 0.717) is 5.69 Å². The SMILES string of the molecule is O=C(Nc1ccc(S(=O)(=O)Nc2nccs2)cc1)c1ccn(Cn2cnc([N+](=O)[O-])n2)n1. The summed E-state index contributed by atoms with van der Waals surface area (Å²) >= 11 is 1.15. The zero-order valence-corrected chi connectivity index (χ0v) is 17.5. The average molecular weight is 475 g/mol. The van der Waals surface area contributed by atoms with Crippen molar-refractivity contribution in [1.29, 1.82) is 0 Å². The second-order valence-electron chi connectivity index (χ2n) is 6.14. The number of nitrogens with zero attached hydrogens (tertiary/aromatic N) is 7. The number of aromatic nitrogens is 6. The van der Waals surface area contributed by atoms with Gasteiger partial charge in [0.15, 0.2) is 17.5 Å². The van der Waals surface area contributed by atoms with Gasteiger partial charge in [-0.05, 0) is 35.3 Å². The molecule has 16 heteroatoms. The quantitative estimate of drug-likeness (QED) is 0.281. The van der Waals surface area contributed by atoms with Gasteiger partial charge in [0.2, 0.25) is 6.33 Å². The van der Waals surface area contributed by atoms with E-state index in [1.54, 1.807) is 5.38 Å². The zero-order valence-electron chi connectivity index (χ0n) is 15.9. The maximum atomic E-state index is 12.4. The molecule has 4 rings (SSSR count). The van der Waals surface area contributed by atoms with Crippen molar-refractivity contribution < 1.29 is 18.1 Å². The molecule has 0 unspecified atom stereocenters. The van der Waals surface area contributed by atoms with E-state index in [4.69, 9.17) is 0 Å². The summed E-state index contributed by atoms with van der Waals surface area (Å²) in [4.78, 5) is 29.8. The summed E-state index contributed by atoms with van der Waals surface area (Å²) in [7, 11) is -3.80. The first-order valence-corrected chi connectivity index (χ1v) is 11.1. The molecule has 0 aliphatic carbocycles. The van der Waals surface area contributed by atoms with E-state index in [-0.39, 0.29) is 22.4 Å². The highest BCUT2D eigenvalue weighted by Crippen LogP contribution is 2.19. The van der Waals surface area contributed by atoms with Crippen LogP contribution in [0.15, 0.2) is 59.3 Å². The van der Waals surface area contributed by atoms with Crippen LogP contribution in [0.3, 0.4) is 0 Å². The molecule has 0 saturated carbocycles. The van der Waals surface area contributed by atoms with Crippen LogP contribution >= 0.6 is 11.3 Å². The second kappa shape index (κ2) is 8.52. The lowest BCUT2D eigenvalue weighted by Gasteiger charge is -2.07. The standard InChI is InChI=1S/C16H13N9O5S2/c26-14(13-5-7-23(20-13)10-24-9-18-15(21-24)25(27)28)19-11-1-3-12(4-2-11)32(29,30)22-16-17-6-8-31-16/h1-9H,10H2,(H,17,22)(H,19,26). The molecule has 1 aromatic carbocycles. The molecule has 2 N–H and O–H groups in total. The van der Waals surface area contributed by atoms with Crippen LogP contribution in [0.25, 0.3) is 0 Å². The first kappa shape index (κ1) is 21.1. The minimum absolute atomic E-state index is 0.0110. The number of sulfonamides is 1. The first-order chi connectivity index (χ1) is 15.3. The summed E-state index contributed by atoms with van der Waals surface area (Å²) in [6.45, 7) is 0.0206. The van der Waals surface area contributed by atoms with Crippen LogP contribution in [0.4, 0.5) is 16.8 Å². The van der Waals surface area contributed by atoms with Gasteiger partial charge in [-0.3, -0.25) is 9.52 Å². The topological polar surface area (TPSA) is 180 Å². The largest absolute Gasteiger partial charge is 0.491 e. The maximum absolute atomic E-state index is 12.4. The Labute approximate surface area is 183 Å². The van der Waals surface area contributed by atoms with Gasteiger partial charge in [0.05, 0.1) is 4.90 Å². The van der Waals surface area contributed by atoms with Crippen molar-refractivity contribution in [1.82, 2.24) is 29.5 Å². The van der Waals surface area contributed by atoms with Gasteiger partial charge in [0.1, 0.15) is 0 Å². The summed E-state index contributed by atoms with van der Waals surface area (Å²) in [5, 5.41) is 22.9. The van der Waals surface area contributed by atoms with E-state index >= 15 is 0 Å². The molecular formula is C16H13N9O5S2. The van der Waals surface area contributed by atoms with E-state index in [0.717, 1.165) is 11.3 Å². The number of thiazole rings is 1. The Morgan fingerprint density at radius 2 is 1.91 bits per heavy atom. The number of nitro groups is 1. The van der Waals surface area contributed by atoms with Crippen molar-refractivity contribution in [2.24, 2.45) is 0 Å². The van der Waals surface area contributed by atoms with Gasteiger partial charge in [-0.25, -0.2) is 18.1 Å². The number of rotatable bonds is 8. The molecule has 0 aliphatic heterocycles.